The number of benzene rings is 1. The Morgan fingerprint density at radius 2 is 1.37 bits per heavy atom. The fourth-order valence-corrected chi connectivity index (χ4v) is 3.63. The van der Waals surface area contributed by atoms with Crippen LogP contribution in [0.1, 0.15) is 53.0 Å². The molecule has 0 amide bonds. The van der Waals surface area contributed by atoms with Gasteiger partial charge < -0.3 is 28.4 Å². The summed E-state index contributed by atoms with van der Waals surface area (Å²) < 4.78 is 33.1. The minimum atomic E-state index is -1.29. The van der Waals surface area contributed by atoms with Crippen LogP contribution in [0.3, 0.4) is 0 Å². The minimum absolute atomic E-state index is 0.326. The molecule has 35 heavy (non-hydrogen) atoms. The first-order valence-electron chi connectivity index (χ1n) is 11.3. The number of hydrogen-bond donors (Lipinski definition) is 0. The predicted octanol–water partition coefficient (Wildman–Crippen LogP) is 2.96. The summed E-state index contributed by atoms with van der Waals surface area (Å²) in [5.74, 6) is -2.33. The Labute approximate surface area is 204 Å². The van der Waals surface area contributed by atoms with E-state index in [1.807, 2.05) is 12.1 Å². The molecule has 2 rings (SSSR count). The quantitative estimate of drug-likeness (QED) is 0.356. The molecule has 5 atom stereocenters. The van der Waals surface area contributed by atoms with Crippen LogP contribution in [0.5, 0.6) is 5.75 Å². The third kappa shape index (κ3) is 8.40. The van der Waals surface area contributed by atoms with E-state index in [4.69, 9.17) is 28.4 Å². The van der Waals surface area contributed by atoms with Crippen molar-refractivity contribution in [2.45, 2.75) is 78.2 Å². The zero-order chi connectivity index (χ0) is 26.1. The van der Waals surface area contributed by atoms with E-state index in [1.165, 1.54) is 13.8 Å². The molecular formula is C25H32O10. The highest BCUT2D eigenvalue weighted by molar-refractivity contribution is 5.69. The van der Waals surface area contributed by atoms with Crippen molar-refractivity contribution in [3.05, 3.63) is 36.4 Å². The second kappa shape index (κ2) is 12.9. The van der Waals surface area contributed by atoms with Crippen molar-refractivity contribution in [3.8, 4) is 5.75 Å². The number of carbonyl (C=O) groups is 4. The molecule has 1 aromatic rings. The molecule has 1 aliphatic heterocycles. The first-order chi connectivity index (χ1) is 16.5. The SMILES string of the molecule is C=C(CCC)c1ccc(O[C@@H]2O[C@H](COC(C)=O)[C@@H](OC(C)=O)[C@H](OC(C)=O)[C@H]2OC(C)=O)cc1. The molecule has 1 heterocycles. The van der Waals surface area contributed by atoms with Crippen LogP contribution in [0.15, 0.2) is 30.8 Å². The lowest BCUT2D eigenvalue weighted by atomic mass is 9.98. The van der Waals surface area contributed by atoms with E-state index in [9.17, 15) is 19.2 Å². The lowest BCUT2D eigenvalue weighted by Crippen LogP contribution is -2.63. The Balaban J connectivity index is 2.40. The van der Waals surface area contributed by atoms with E-state index < -0.39 is 54.6 Å². The second-order valence-corrected chi connectivity index (χ2v) is 8.06. The van der Waals surface area contributed by atoms with Gasteiger partial charge in [-0.3, -0.25) is 19.2 Å². The van der Waals surface area contributed by atoms with Crippen LogP contribution < -0.4 is 4.74 Å². The molecule has 1 aromatic carbocycles. The molecule has 1 saturated heterocycles. The number of rotatable bonds is 10. The lowest BCUT2D eigenvalue weighted by molar-refractivity contribution is -0.288. The third-order valence-corrected chi connectivity index (χ3v) is 5.01. The van der Waals surface area contributed by atoms with Crippen molar-refractivity contribution in [1.29, 1.82) is 0 Å². The maximum Gasteiger partial charge on any atom is 0.303 e. The van der Waals surface area contributed by atoms with Crippen molar-refractivity contribution in [3.63, 3.8) is 0 Å². The molecule has 10 nitrogen and oxygen atoms in total. The van der Waals surface area contributed by atoms with Gasteiger partial charge in [0.05, 0.1) is 0 Å². The highest BCUT2D eigenvalue weighted by Gasteiger charge is 2.53. The van der Waals surface area contributed by atoms with Gasteiger partial charge in [-0.1, -0.05) is 32.1 Å². The molecule has 0 radical (unpaired) electrons. The topological polar surface area (TPSA) is 124 Å². The van der Waals surface area contributed by atoms with Gasteiger partial charge in [0.15, 0.2) is 12.2 Å². The summed E-state index contributed by atoms with van der Waals surface area (Å²) in [4.78, 5) is 47.0. The Kier molecular flexibility index (Phi) is 10.3. The summed E-state index contributed by atoms with van der Waals surface area (Å²) in [5, 5.41) is 0. The average Bonchev–Trinajstić information content (AvgIpc) is 2.76. The van der Waals surface area contributed by atoms with Gasteiger partial charge in [-0.2, -0.15) is 0 Å². The van der Waals surface area contributed by atoms with E-state index in [-0.39, 0.29) is 6.61 Å². The molecule has 0 spiro atoms. The molecule has 0 bridgehead atoms. The Bertz CT molecular complexity index is 923. The number of hydrogen-bond acceptors (Lipinski definition) is 10. The number of ether oxygens (including phenoxy) is 6. The van der Waals surface area contributed by atoms with Crippen LogP contribution in [0.2, 0.25) is 0 Å². The van der Waals surface area contributed by atoms with E-state index >= 15 is 0 Å². The highest BCUT2D eigenvalue weighted by atomic mass is 16.7. The molecule has 0 saturated carbocycles. The van der Waals surface area contributed by atoms with Crippen molar-refractivity contribution in [2.75, 3.05) is 6.61 Å². The predicted molar refractivity (Wildman–Crippen MR) is 123 cm³/mol. The van der Waals surface area contributed by atoms with Crippen molar-refractivity contribution >= 4 is 29.5 Å². The van der Waals surface area contributed by atoms with Crippen molar-refractivity contribution < 1.29 is 47.6 Å². The monoisotopic (exact) mass is 492 g/mol. The van der Waals surface area contributed by atoms with Gasteiger partial charge in [-0.05, 0) is 29.7 Å². The summed E-state index contributed by atoms with van der Waals surface area (Å²) in [5.41, 5.74) is 1.92. The minimum Gasteiger partial charge on any atom is -0.463 e. The fraction of sp³-hybridized carbons (Fsp3) is 0.520. The zero-order valence-electron chi connectivity index (χ0n) is 20.6. The molecule has 0 aliphatic carbocycles. The third-order valence-electron chi connectivity index (χ3n) is 5.01. The van der Waals surface area contributed by atoms with E-state index in [0.717, 1.165) is 37.8 Å². The first kappa shape index (κ1) is 27.8. The highest BCUT2D eigenvalue weighted by Crippen LogP contribution is 2.31. The lowest BCUT2D eigenvalue weighted by Gasteiger charge is -2.43. The van der Waals surface area contributed by atoms with E-state index in [1.54, 1.807) is 12.1 Å². The van der Waals surface area contributed by atoms with Gasteiger partial charge in [0, 0.05) is 27.7 Å². The first-order valence-corrected chi connectivity index (χ1v) is 11.3. The molecule has 1 fully saturated rings. The Hall–Kier alpha value is -3.40. The number of carbonyl (C=O) groups excluding carboxylic acids is 4. The smallest absolute Gasteiger partial charge is 0.303 e. The summed E-state index contributed by atoms with van der Waals surface area (Å²) >= 11 is 0. The van der Waals surface area contributed by atoms with Crippen LogP contribution in [-0.2, 0) is 42.9 Å². The van der Waals surface area contributed by atoms with Gasteiger partial charge in [0.2, 0.25) is 12.4 Å². The molecule has 192 valence electrons. The van der Waals surface area contributed by atoms with Gasteiger partial charge >= 0.3 is 23.9 Å². The Morgan fingerprint density at radius 1 is 0.829 bits per heavy atom. The van der Waals surface area contributed by atoms with Gasteiger partial charge in [-0.25, -0.2) is 0 Å². The fourth-order valence-electron chi connectivity index (χ4n) is 3.63. The van der Waals surface area contributed by atoms with Crippen LogP contribution in [0.4, 0.5) is 0 Å². The van der Waals surface area contributed by atoms with Crippen LogP contribution in [0, 0.1) is 0 Å². The number of esters is 4. The largest absolute Gasteiger partial charge is 0.463 e. The summed E-state index contributed by atoms with van der Waals surface area (Å²) in [7, 11) is 0. The normalized spacial score (nSPS) is 23.5. The second-order valence-electron chi connectivity index (χ2n) is 8.06. The maximum atomic E-state index is 11.9. The number of allylic oxidation sites excluding steroid dienone is 1. The van der Waals surface area contributed by atoms with E-state index in [2.05, 4.69) is 13.5 Å². The molecule has 0 aromatic heterocycles. The van der Waals surface area contributed by atoms with Gasteiger partial charge in [-0.15, -0.1) is 0 Å². The molecule has 1 aliphatic rings. The van der Waals surface area contributed by atoms with E-state index in [0.29, 0.717) is 5.75 Å². The molecule has 0 unspecified atom stereocenters. The molecule has 10 heteroatoms. The van der Waals surface area contributed by atoms with Crippen LogP contribution >= 0.6 is 0 Å². The maximum absolute atomic E-state index is 11.9. The van der Waals surface area contributed by atoms with Crippen molar-refractivity contribution in [1.82, 2.24) is 0 Å². The van der Waals surface area contributed by atoms with Crippen LogP contribution in [0.25, 0.3) is 5.57 Å². The summed E-state index contributed by atoms with van der Waals surface area (Å²) in [6.45, 7) is 10.5. The van der Waals surface area contributed by atoms with Crippen LogP contribution in [-0.4, -0.2) is 61.2 Å². The average molecular weight is 493 g/mol. The molecule has 0 N–H and O–H groups in total. The zero-order valence-corrected chi connectivity index (χ0v) is 20.6. The molecular weight excluding hydrogens is 460 g/mol. The van der Waals surface area contributed by atoms with Gasteiger partial charge in [0.25, 0.3) is 0 Å². The Morgan fingerprint density at radius 3 is 1.89 bits per heavy atom. The van der Waals surface area contributed by atoms with Crippen molar-refractivity contribution in [2.24, 2.45) is 0 Å². The summed E-state index contributed by atoms with van der Waals surface area (Å²) in [6, 6.07) is 7.06. The summed E-state index contributed by atoms with van der Waals surface area (Å²) in [6.07, 6.45) is -4.36. The standard InChI is InChI=1S/C25H32O10/c1-7-8-14(2)19-9-11-20(12-10-19)34-25-24(33-18(6)29)23(32-17(5)28)22(31-16(4)27)21(35-25)13-30-15(3)26/h9-12,21-25H,2,7-8,13H2,1,3-6H3/t21-,22-,23+,24-,25-/m1/s1. The van der Waals surface area contributed by atoms with Gasteiger partial charge in [0.1, 0.15) is 18.5 Å².